The fourth-order valence-electron chi connectivity index (χ4n) is 2.14. The number of hydrogen-bond donors (Lipinski definition) is 0. The quantitative estimate of drug-likeness (QED) is 0.765. The van der Waals surface area contributed by atoms with Gasteiger partial charge in [0.05, 0.1) is 13.5 Å². The molecule has 0 N–H and O–H groups in total. The van der Waals surface area contributed by atoms with Crippen molar-refractivity contribution in [3.8, 4) is 5.75 Å². The van der Waals surface area contributed by atoms with Crippen LogP contribution in [-0.4, -0.2) is 30.7 Å². The smallest absolute Gasteiger partial charge is 0.230 e. The van der Waals surface area contributed by atoms with Crippen LogP contribution in [0.3, 0.4) is 0 Å². The van der Waals surface area contributed by atoms with Gasteiger partial charge < -0.3 is 9.64 Å². The van der Waals surface area contributed by atoms with Gasteiger partial charge in [-0.1, -0.05) is 17.7 Å². The van der Waals surface area contributed by atoms with Crippen molar-refractivity contribution in [1.29, 1.82) is 0 Å². The number of Topliss-reactive ketones (excluding diaryl/α,β-unsaturated/α-hetero) is 1. The molecule has 4 heteroatoms. The normalized spacial score (nSPS) is 10.2. The van der Waals surface area contributed by atoms with Crippen molar-refractivity contribution in [2.45, 2.75) is 33.7 Å². The van der Waals surface area contributed by atoms with Crippen molar-refractivity contribution < 1.29 is 14.3 Å². The zero-order valence-corrected chi connectivity index (χ0v) is 12.2. The summed E-state index contributed by atoms with van der Waals surface area (Å²) in [5.74, 6) is 0.506. The molecule has 0 bridgehead atoms. The SMILES string of the molecule is COc1c(C)cc(C)cc1CN(C)C(=O)CC(C)=O. The summed E-state index contributed by atoms with van der Waals surface area (Å²) < 4.78 is 5.39. The number of aryl methyl sites for hydroxylation is 2. The molecule has 19 heavy (non-hydrogen) atoms. The van der Waals surface area contributed by atoms with Crippen molar-refractivity contribution in [3.63, 3.8) is 0 Å². The van der Waals surface area contributed by atoms with Gasteiger partial charge in [0.1, 0.15) is 11.5 Å². The maximum absolute atomic E-state index is 11.8. The minimum atomic E-state index is -0.172. The molecule has 0 fully saturated rings. The summed E-state index contributed by atoms with van der Waals surface area (Å²) in [5, 5.41) is 0. The van der Waals surface area contributed by atoms with Crippen molar-refractivity contribution in [2.24, 2.45) is 0 Å². The Balaban J connectivity index is 2.92. The third kappa shape index (κ3) is 4.09. The lowest BCUT2D eigenvalue weighted by Gasteiger charge is -2.20. The number of carbonyl (C=O) groups excluding carboxylic acids is 2. The number of methoxy groups -OCH3 is 1. The van der Waals surface area contributed by atoms with Crippen LogP contribution < -0.4 is 4.74 Å². The molecule has 0 aliphatic carbocycles. The molecule has 0 atom stereocenters. The first kappa shape index (κ1) is 15.2. The largest absolute Gasteiger partial charge is 0.496 e. The zero-order chi connectivity index (χ0) is 14.6. The van der Waals surface area contributed by atoms with Crippen LogP contribution in [0.4, 0.5) is 0 Å². The summed E-state index contributed by atoms with van der Waals surface area (Å²) in [7, 11) is 3.32. The van der Waals surface area contributed by atoms with Gasteiger partial charge in [0.25, 0.3) is 0 Å². The van der Waals surface area contributed by atoms with Gasteiger partial charge in [0, 0.05) is 19.2 Å². The van der Waals surface area contributed by atoms with Crippen LogP contribution in [-0.2, 0) is 16.1 Å². The highest BCUT2D eigenvalue weighted by Crippen LogP contribution is 2.26. The molecule has 1 amide bonds. The Morgan fingerprint density at radius 2 is 1.89 bits per heavy atom. The standard InChI is InChI=1S/C15H21NO3/c1-10-6-11(2)15(19-5)13(7-10)9-16(4)14(18)8-12(3)17/h6-7H,8-9H2,1-5H3. The molecule has 0 unspecified atom stereocenters. The molecule has 1 aromatic carbocycles. The van der Waals surface area contributed by atoms with E-state index in [1.807, 2.05) is 26.0 Å². The topological polar surface area (TPSA) is 46.6 Å². The Hall–Kier alpha value is -1.84. The summed E-state index contributed by atoms with van der Waals surface area (Å²) in [6.07, 6.45) is -0.0520. The van der Waals surface area contributed by atoms with Crippen LogP contribution in [0.15, 0.2) is 12.1 Å². The molecule has 0 aliphatic heterocycles. The van der Waals surface area contributed by atoms with E-state index in [1.165, 1.54) is 6.92 Å². The lowest BCUT2D eigenvalue weighted by atomic mass is 10.0. The van der Waals surface area contributed by atoms with Crippen molar-refractivity contribution in [2.75, 3.05) is 14.2 Å². The summed E-state index contributed by atoms with van der Waals surface area (Å²) in [4.78, 5) is 24.3. The number of hydrogen-bond acceptors (Lipinski definition) is 3. The van der Waals surface area contributed by atoms with Crippen LogP contribution in [0.1, 0.15) is 30.0 Å². The first-order chi connectivity index (χ1) is 8.85. The summed E-state index contributed by atoms with van der Waals surface area (Å²) >= 11 is 0. The molecule has 0 aromatic heterocycles. The molecular weight excluding hydrogens is 242 g/mol. The van der Waals surface area contributed by atoms with Gasteiger partial charge in [-0.25, -0.2) is 0 Å². The highest BCUT2D eigenvalue weighted by atomic mass is 16.5. The van der Waals surface area contributed by atoms with Gasteiger partial charge in [-0.15, -0.1) is 0 Å². The Bertz CT molecular complexity index is 494. The van der Waals surface area contributed by atoms with Crippen LogP contribution in [0, 0.1) is 13.8 Å². The summed E-state index contributed by atoms with van der Waals surface area (Å²) in [6.45, 7) is 5.85. The minimum Gasteiger partial charge on any atom is -0.496 e. The molecule has 0 saturated heterocycles. The Kier molecular flexibility index (Phi) is 5.10. The van der Waals surface area contributed by atoms with E-state index in [0.717, 1.165) is 22.4 Å². The van der Waals surface area contributed by atoms with E-state index in [1.54, 1.807) is 19.1 Å². The molecule has 104 valence electrons. The van der Waals surface area contributed by atoms with Crippen molar-refractivity contribution in [3.05, 3.63) is 28.8 Å². The van der Waals surface area contributed by atoms with E-state index in [0.29, 0.717) is 6.54 Å². The molecule has 4 nitrogen and oxygen atoms in total. The third-order valence-electron chi connectivity index (χ3n) is 2.93. The second-order valence-electron chi connectivity index (χ2n) is 4.90. The van der Waals surface area contributed by atoms with Crippen LogP contribution in [0.2, 0.25) is 0 Å². The van der Waals surface area contributed by atoms with Crippen molar-refractivity contribution in [1.82, 2.24) is 4.90 Å². The maximum Gasteiger partial charge on any atom is 0.230 e. The summed E-state index contributed by atoms with van der Waals surface area (Å²) in [6, 6.07) is 4.04. The van der Waals surface area contributed by atoms with Crippen LogP contribution in [0.5, 0.6) is 5.75 Å². The Morgan fingerprint density at radius 1 is 1.26 bits per heavy atom. The molecule has 0 heterocycles. The molecule has 0 saturated carbocycles. The van der Waals surface area contributed by atoms with Gasteiger partial charge >= 0.3 is 0 Å². The third-order valence-corrected chi connectivity index (χ3v) is 2.93. The van der Waals surface area contributed by atoms with E-state index in [4.69, 9.17) is 4.74 Å². The first-order valence-electron chi connectivity index (χ1n) is 6.22. The summed E-state index contributed by atoms with van der Waals surface area (Å²) in [5.41, 5.74) is 3.13. The fraction of sp³-hybridized carbons (Fsp3) is 0.467. The number of ether oxygens (including phenoxy) is 1. The second kappa shape index (κ2) is 6.36. The predicted molar refractivity (Wildman–Crippen MR) is 74.2 cm³/mol. The fourth-order valence-corrected chi connectivity index (χ4v) is 2.14. The number of nitrogens with zero attached hydrogens (tertiary/aromatic N) is 1. The van der Waals surface area contributed by atoms with E-state index < -0.39 is 0 Å². The van der Waals surface area contributed by atoms with Crippen LogP contribution in [0.25, 0.3) is 0 Å². The number of ketones is 1. The molecule has 0 radical (unpaired) electrons. The van der Waals surface area contributed by atoms with Gasteiger partial charge in [-0.3, -0.25) is 9.59 Å². The highest BCUT2D eigenvalue weighted by molar-refractivity contribution is 5.96. The molecule has 0 spiro atoms. The van der Waals surface area contributed by atoms with E-state index in [-0.39, 0.29) is 18.1 Å². The molecule has 0 aliphatic rings. The van der Waals surface area contributed by atoms with Gasteiger partial charge in [-0.05, 0) is 26.3 Å². The molecule has 1 aromatic rings. The molecule has 1 rings (SSSR count). The molecular formula is C15H21NO3. The van der Waals surface area contributed by atoms with Crippen molar-refractivity contribution >= 4 is 11.7 Å². The Labute approximate surface area is 114 Å². The lowest BCUT2D eigenvalue weighted by molar-refractivity contribution is -0.134. The number of benzene rings is 1. The van der Waals surface area contributed by atoms with E-state index >= 15 is 0 Å². The number of carbonyl (C=O) groups is 2. The second-order valence-corrected chi connectivity index (χ2v) is 4.90. The van der Waals surface area contributed by atoms with Gasteiger partial charge in [0.2, 0.25) is 5.91 Å². The minimum absolute atomic E-state index is 0.0520. The van der Waals surface area contributed by atoms with E-state index in [2.05, 4.69) is 0 Å². The zero-order valence-electron chi connectivity index (χ0n) is 12.2. The number of rotatable bonds is 5. The highest BCUT2D eigenvalue weighted by Gasteiger charge is 2.15. The first-order valence-corrected chi connectivity index (χ1v) is 6.22. The monoisotopic (exact) mass is 263 g/mol. The predicted octanol–water partition coefficient (Wildman–Crippen LogP) is 2.25. The maximum atomic E-state index is 11.8. The van der Waals surface area contributed by atoms with Gasteiger partial charge in [0.15, 0.2) is 0 Å². The van der Waals surface area contributed by atoms with Gasteiger partial charge in [-0.2, -0.15) is 0 Å². The average Bonchev–Trinajstić information content (AvgIpc) is 2.27. The lowest BCUT2D eigenvalue weighted by Crippen LogP contribution is -2.27. The average molecular weight is 263 g/mol. The number of amides is 1. The van der Waals surface area contributed by atoms with E-state index in [9.17, 15) is 9.59 Å². The van der Waals surface area contributed by atoms with Crippen LogP contribution >= 0.6 is 0 Å². The Morgan fingerprint density at radius 3 is 2.42 bits per heavy atom.